The molecule has 2 fully saturated rings. The summed E-state index contributed by atoms with van der Waals surface area (Å²) in [5.74, 6) is 0. The number of ether oxygens (including phenoxy) is 1. The van der Waals surface area contributed by atoms with Crippen LogP contribution in [0.2, 0.25) is 0 Å². The van der Waals surface area contributed by atoms with Crippen molar-refractivity contribution in [1.82, 2.24) is 14.8 Å². The summed E-state index contributed by atoms with van der Waals surface area (Å²) in [5, 5.41) is 6.18. The topological polar surface area (TPSA) is 75.1 Å². The minimum atomic E-state index is -0.659. The van der Waals surface area contributed by atoms with E-state index in [0.29, 0.717) is 13.1 Å². The highest BCUT2D eigenvalue weighted by atomic mass is 16.8. The van der Waals surface area contributed by atoms with E-state index < -0.39 is 18.9 Å². The average Bonchev–Trinajstić information content (AvgIpc) is 3.09. The Balaban J connectivity index is 1.53. The molecule has 0 N–H and O–H groups in total. The fourth-order valence-corrected chi connectivity index (χ4v) is 3.23. The SMILES string of the molecule is CC(C)(C)OC(=O)ON1CCC(n2cc(B3OC(C)(C)C(C)(C)O3)cn2)CC1. The molecule has 9 heteroatoms. The minimum absolute atomic E-state index is 0.245. The normalized spacial score (nSPS) is 23.0. The molecule has 156 valence electrons. The van der Waals surface area contributed by atoms with Crippen LogP contribution in [0, 0.1) is 0 Å². The number of hydroxylamine groups is 2. The predicted molar refractivity (Wildman–Crippen MR) is 105 cm³/mol. The zero-order valence-electron chi connectivity index (χ0n) is 18.0. The fourth-order valence-electron chi connectivity index (χ4n) is 3.23. The number of carbonyl (C=O) groups excluding carboxylic acids is 1. The van der Waals surface area contributed by atoms with Crippen LogP contribution in [0.15, 0.2) is 12.4 Å². The van der Waals surface area contributed by atoms with Gasteiger partial charge in [-0.25, -0.2) is 4.79 Å². The van der Waals surface area contributed by atoms with Gasteiger partial charge in [0.15, 0.2) is 0 Å². The molecule has 0 atom stereocenters. The standard InChI is InChI=1S/C19H32BN3O5/c1-17(2,3)25-16(24)26-22-10-8-15(9-11-22)23-13-14(12-21-23)20-27-18(4,5)19(6,7)28-20/h12-13,15H,8-11H2,1-7H3. The van der Waals surface area contributed by atoms with Crippen molar-refractivity contribution in [3.63, 3.8) is 0 Å². The van der Waals surface area contributed by atoms with Crippen LogP contribution >= 0.6 is 0 Å². The van der Waals surface area contributed by atoms with Gasteiger partial charge in [-0.15, -0.1) is 5.06 Å². The van der Waals surface area contributed by atoms with Gasteiger partial charge in [0.25, 0.3) is 0 Å². The van der Waals surface area contributed by atoms with Crippen molar-refractivity contribution in [3.8, 4) is 0 Å². The van der Waals surface area contributed by atoms with Crippen molar-refractivity contribution in [2.45, 2.75) is 84.2 Å². The smallest absolute Gasteiger partial charge is 0.427 e. The van der Waals surface area contributed by atoms with E-state index in [1.54, 1.807) is 5.06 Å². The number of hydrogen-bond donors (Lipinski definition) is 0. The quantitative estimate of drug-likeness (QED) is 0.577. The number of hydrogen-bond acceptors (Lipinski definition) is 7. The molecular formula is C19H32BN3O5. The maximum absolute atomic E-state index is 11.8. The molecule has 3 heterocycles. The average molecular weight is 393 g/mol. The van der Waals surface area contributed by atoms with E-state index >= 15 is 0 Å². The molecule has 0 amide bonds. The minimum Gasteiger partial charge on any atom is -0.427 e. The molecule has 2 aliphatic rings. The summed E-state index contributed by atoms with van der Waals surface area (Å²) in [6.45, 7) is 14.9. The first-order valence-electron chi connectivity index (χ1n) is 9.92. The van der Waals surface area contributed by atoms with Crippen LogP contribution in [0.4, 0.5) is 4.79 Å². The first-order chi connectivity index (χ1) is 12.9. The molecule has 0 aromatic carbocycles. The zero-order valence-corrected chi connectivity index (χ0v) is 18.0. The van der Waals surface area contributed by atoms with Crippen molar-refractivity contribution < 1.29 is 23.7 Å². The summed E-state index contributed by atoms with van der Waals surface area (Å²) < 4.78 is 19.4. The van der Waals surface area contributed by atoms with E-state index in [0.717, 1.165) is 18.3 Å². The third kappa shape index (κ3) is 4.70. The summed E-state index contributed by atoms with van der Waals surface area (Å²) in [6.07, 6.45) is 4.80. The number of rotatable bonds is 3. The van der Waals surface area contributed by atoms with Crippen LogP contribution in [-0.4, -0.2) is 58.0 Å². The molecule has 0 spiro atoms. The maximum Gasteiger partial charge on any atom is 0.528 e. The second kappa shape index (κ2) is 7.35. The van der Waals surface area contributed by atoms with Gasteiger partial charge < -0.3 is 18.9 Å². The maximum atomic E-state index is 11.8. The van der Waals surface area contributed by atoms with Crippen molar-refractivity contribution in [2.75, 3.05) is 13.1 Å². The molecule has 1 aromatic rings. The number of nitrogens with zero attached hydrogens (tertiary/aromatic N) is 3. The Labute approximate surface area is 167 Å². The van der Waals surface area contributed by atoms with Gasteiger partial charge in [0.2, 0.25) is 0 Å². The van der Waals surface area contributed by atoms with Crippen LogP contribution in [0.3, 0.4) is 0 Å². The lowest BCUT2D eigenvalue weighted by atomic mass is 9.82. The summed E-state index contributed by atoms with van der Waals surface area (Å²) in [6, 6.07) is 0.245. The van der Waals surface area contributed by atoms with Crippen molar-refractivity contribution in [2.24, 2.45) is 0 Å². The molecule has 0 radical (unpaired) electrons. The highest BCUT2D eigenvalue weighted by Crippen LogP contribution is 2.36. The Hall–Kier alpha value is -1.58. The molecule has 2 saturated heterocycles. The van der Waals surface area contributed by atoms with Gasteiger partial charge >= 0.3 is 13.3 Å². The van der Waals surface area contributed by atoms with E-state index in [-0.39, 0.29) is 17.2 Å². The second-order valence-corrected chi connectivity index (χ2v) is 9.56. The van der Waals surface area contributed by atoms with Gasteiger partial charge in [-0.1, -0.05) is 0 Å². The monoisotopic (exact) mass is 393 g/mol. The van der Waals surface area contributed by atoms with Crippen molar-refractivity contribution >= 4 is 18.7 Å². The lowest BCUT2D eigenvalue weighted by Gasteiger charge is -2.32. The van der Waals surface area contributed by atoms with Gasteiger partial charge in [0.05, 0.1) is 17.2 Å². The molecule has 0 bridgehead atoms. The Morgan fingerprint density at radius 3 is 2.29 bits per heavy atom. The molecule has 8 nitrogen and oxygen atoms in total. The molecule has 0 aliphatic carbocycles. The zero-order chi connectivity index (χ0) is 20.7. The predicted octanol–water partition coefficient (Wildman–Crippen LogP) is 2.69. The van der Waals surface area contributed by atoms with E-state index in [9.17, 15) is 4.79 Å². The van der Waals surface area contributed by atoms with Crippen LogP contribution in [0.1, 0.15) is 67.3 Å². The van der Waals surface area contributed by atoms with E-state index in [2.05, 4.69) is 5.10 Å². The van der Waals surface area contributed by atoms with Crippen LogP contribution in [-0.2, 0) is 18.9 Å². The van der Waals surface area contributed by atoms with Crippen LogP contribution < -0.4 is 5.46 Å². The highest BCUT2D eigenvalue weighted by molar-refractivity contribution is 6.62. The molecular weight excluding hydrogens is 361 g/mol. The summed E-state index contributed by atoms with van der Waals surface area (Å²) in [5.41, 5.74) is -0.381. The fraction of sp³-hybridized carbons (Fsp3) is 0.789. The largest absolute Gasteiger partial charge is 0.528 e. The molecule has 0 saturated carbocycles. The Bertz CT molecular complexity index is 689. The molecule has 28 heavy (non-hydrogen) atoms. The van der Waals surface area contributed by atoms with Crippen LogP contribution in [0.5, 0.6) is 0 Å². The van der Waals surface area contributed by atoms with Crippen LogP contribution in [0.25, 0.3) is 0 Å². The lowest BCUT2D eigenvalue weighted by molar-refractivity contribution is -0.154. The molecule has 0 unspecified atom stereocenters. The second-order valence-electron chi connectivity index (χ2n) is 9.56. The number of aromatic nitrogens is 2. The lowest BCUT2D eigenvalue weighted by Crippen LogP contribution is -2.41. The Kier molecular flexibility index (Phi) is 5.55. The van der Waals surface area contributed by atoms with E-state index in [1.807, 2.05) is 65.5 Å². The van der Waals surface area contributed by atoms with Gasteiger partial charge in [-0.05, 0) is 61.3 Å². The first kappa shape index (κ1) is 21.1. The number of piperidine rings is 1. The third-order valence-corrected chi connectivity index (χ3v) is 5.54. The Morgan fingerprint density at radius 2 is 1.75 bits per heavy atom. The molecule has 1 aromatic heterocycles. The van der Waals surface area contributed by atoms with Gasteiger partial charge in [-0.3, -0.25) is 4.68 Å². The van der Waals surface area contributed by atoms with Gasteiger partial charge in [0.1, 0.15) is 5.60 Å². The highest BCUT2D eigenvalue weighted by Gasteiger charge is 2.52. The Morgan fingerprint density at radius 1 is 1.18 bits per heavy atom. The van der Waals surface area contributed by atoms with Crippen molar-refractivity contribution in [3.05, 3.63) is 12.4 Å². The van der Waals surface area contributed by atoms with Crippen molar-refractivity contribution in [1.29, 1.82) is 0 Å². The summed E-state index contributed by atoms with van der Waals surface area (Å²) in [4.78, 5) is 17.1. The third-order valence-electron chi connectivity index (χ3n) is 5.54. The first-order valence-corrected chi connectivity index (χ1v) is 9.92. The molecule has 3 rings (SSSR count). The van der Waals surface area contributed by atoms with E-state index in [4.69, 9.17) is 18.9 Å². The summed E-state index contributed by atoms with van der Waals surface area (Å²) in [7, 11) is -0.408. The van der Waals surface area contributed by atoms with E-state index in [1.165, 1.54) is 0 Å². The number of carbonyl (C=O) groups is 1. The molecule has 2 aliphatic heterocycles. The van der Waals surface area contributed by atoms with Gasteiger partial charge in [0, 0.05) is 30.9 Å². The van der Waals surface area contributed by atoms with Gasteiger partial charge in [-0.2, -0.15) is 5.10 Å². The summed E-state index contributed by atoms with van der Waals surface area (Å²) >= 11 is 0.